The number of ether oxygens (including phenoxy) is 4. The van der Waals surface area contributed by atoms with Crippen molar-refractivity contribution in [1.29, 1.82) is 0 Å². The molecule has 0 saturated heterocycles. The van der Waals surface area contributed by atoms with Gasteiger partial charge in [0.15, 0.2) is 11.6 Å². The van der Waals surface area contributed by atoms with E-state index in [4.69, 9.17) is 14.2 Å². The van der Waals surface area contributed by atoms with E-state index in [0.29, 0.717) is 50.1 Å². The number of rotatable bonds is 20. The van der Waals surface area contributed by atoms with E-state index in [-0.39, 0.29) is 24.5 Å². The van der Waals surface area contributed by atoms with Gasteiger partial charge in [0.1, 0.15) is 24.4 Å². The highest BCUT2D eigenvalue weighted by Gasteiger charge is 2.14. The van der Waals surface area contributed by atoms with E-state index >= 15 is 0 Å². The van der Waals surface area contributed by atoms with Gasteiger partial charge in [0, 0.05) is 44.3 Å². The maximum absolute atomic E-state index is 13.1. The van der Waals surface area contributed by atoms with E-state index in [1.54, 1.807) is 18.3 Å². The second-order valence-electron chi connectivity index (χ2n) is 10.8. The number of hydrogen-bond donors (Lipinski definition) is 2. The summed E-state index contributed by atoms with van der Waals surface area (Å²) in [5, 5.41) is 15.0. The lowest BCUT2D eigenvalue weighted by atomic mass is 10.1. The van der Waals surface area contributed by atoms with Crippen molar-refractivity contribution >= 4 is 17.6 Å². The summed E-state index contributed by atoms with van der Waals surface area (Å²) in [5.74, 6) is 1.60. The number of carbonyl (C=O) groups excluding carboxylic acids is 2. The van der Waals surface area contributed by atoms with Crippen LogP contribution in [0.5, 0.6) is 5.75 Å². The number of methoxy groups -OCH3 is 1. The number of nitrogens with zero attached hydrogens (tertiary/aromatic N) is 5. The largest absolute Gasteiger partial charge is 0.494 e. The van der Waals surface area contributed by atoms with Gasteiger partial charge in [-0.1, -0.05) is 18.2 Å². The fraction of sp³-hybridized carbons (Fsp3) is 0.412. The zero-order valence-corrected chi connectivity index (χ0v) is 27.2. The summed E-state index contributed by atoms with van der Waals surface area (Å²) in [6.45, 7) is 4.69. The van der Waals surface area contributed by atoms with Gasteiger partial charge in [0.25, 0.3) is 5.91 Å². The molecule has 0 fully saturated rings. The third-order valence-electron chi connectivity index (χ3n) is 7.28. The Morgan fingerprint density at radius 2 is 1.72 bits per heavy atom. The first-order valence-electron chi connectivity index (χ1n) is 15.7. The number of unbranched alkanes of at least 4 members (excludes halogenated alkanes) is 2. The molecule has 250 valence electrons. The maximum Gasteiger partial charge on any atom is 0.331 e. The molecule has 0 bridgehead atoms. The molecule has 0 radical (unpaired) electrons. The van der Waals surface area contributed by atoms with Gasteiger partial charge in [0.05, 0.1) is 26.3 Å². The summed E-state index contributed by atoms with van der Waals surface area (Å²) >= 11 is 0. The lowest BCUT2D eigenvalue weighted by molar-refractivity contribution is -0.146. The Kier molecular flexibility index (Phi) is 14.1. The minimum Gasteiger partial charge on any atom is -0.494 e. The molecule has 1 unspecified atom stereocenters. The molecule has 1 amide bonds. The standard InChI is InChI=1S/C34H43N7O6/c1-25(26-10-8-13-29(21-26)47-19-6-4-5-16-45-17-9-18-46-23-32(42)44-3)38-34(43)27-11-7-12-28(20-27)36-22-31-39-40-33(41(31)2)30-14-15-35-24-37-30/h7-8,10-15,20-21,24-25,36H,4-6,9,16-19,22-23H2,1-3H3,(H,38,43). The van der Waals surface area contributed by atoms with Crippen LogP contribution in [0, 0.1) is 0 Å². The van der Waals surface area contributed by atoms with Crippen molar-refractivity contribution in [1.82, 2.24) is 30.0 Å². The first-order valence-corrected chi connectivity index (χ1v) is 15.7. The molecule has 1 atom stereocenters. The maximum atomic E-state index is 13.1. The summed E-state index contributed by atoms with van der Waals surface area (Å²) in [7, 11) is 3.22. The average molecular weight is 646 g/mol. The zero-order chi connectivity index (χ0) is 33.3. The van der Waals surface area contributed by atoms with Crippen LogP contribution in [0.2, 0.25) is 0 Å². The van der Waals surface area contributed by atoms with Crippen molar-refractivity contribution in [3.63, 3.8) is 0 Å². The van der Waals surface area contributed by atoms with Gasteiger partial charge in [-0.25, -0.2) is 14.8 Å². The molecule has 4 aromatic rings. The molecule has 2 heterocycles. The first kappa shape index (κ1) is 35.0. The molecule has 13 nitrogen and oxygen atoms in total. The van der Waals surface area contributed by atoms with E-state index in [1.165, 1.54) is 13.4 Å². The van der Waals surface area contributed by atoms with Gasteiger partial charge in [-0.15, -0.1) is 10.2 Å². The SMILES string of the molecule is COC(=O)COCCCOCCCCCOc1cccc(C(C)NC(=O)c2cccc(NCc3nnc(-c4ccncn4)n3C)c2)c1. The van der Waals surface area contributed by atoms with Crippen LogP contribution in [-0.4, -0.2) is 76.8 Å². The molecule has 0 saturated carbocycles. The second-order valence-corrected chi connectivity index (χ2v) is 10.8. The third kappa shape index (κ3) is 11.5. The zero-order valence-electron chi connectivity index (χ0n) is 27.2. The van der Waals surface area contributed by atoms with Gasteiger partial charge in [0.2, 0.25) is 0 Å². The number of carbonyl (C=O) groups is 2. The number of hydrogen-bond acceptors (Lipinski definition) is 11. The van der Waals surface area contributed by atoms with E-state index in [2.05, 4.69) is 35.5 Å². The molecule has 2 N–H and O–H groups in total. The Morgan fingerprint density at radius 1 is 0.915 bits per heavy atom. The monoisotopic (exact) mass is 645 g/mol. The predicted octanol–water partition coefficient (Wildman–Crippen LogP) is 4.52. The van der Waals surface area contributed by atoms with Crippen molar-refractivity contribution in [2.75, 3.05) is 45.5 Å². The highest BCUT2D eigenvalue weighted by molar-refractivity contribution is 5.95. The van der Waals surface area contributed by atoms with Crippen LogP contribution in [0.25, 0.3) is 11.5 Å². The van der Waals surface area contributed by atoms with Crippen LogP contribution in [0.15, 0.2) is 67.1 Å². The Balaban J connectivity index is 1.15. The summed E-state index contributed by atoms with van der Waals surface area (Å²) in [6, 6.07) is 16.7. The van der Waals surface area contributed by atoms with Crippen molar-refractivity contribution in [2.45, 2.75) is 45.2 Å². The average Bonchev–Trinajstić information content (AvgIpc) is 3.47. The summed E-state index contributed by atoms with van der Waals surface area (Å²) in [4.78, 5) is 32.3. The van der Waals surface area contributed by atoms with Crippen LogP contribution >= 0.6 is 0 Å². The molecule has 0 aliphatic rings. The third-order valence-corrected chi connectivity index (χ3v) is 7.28. The van der Waals surface area contributed by atoms with Gasteiger partial charge in [-0.05, 0) is 74.6 Å². The Morgan fingerprint density at radius 3 is 2.55 bits per heavy atom. The van der Waals surface area contributed by atoms with Crippen molar-refractivity contribution < 1.29 is 28.5 Å². The topological polar surface area (TPSA) is 152 Å². The van der Waals surface area contributed by atoms with Crippen molar-refractivity contribution in [3.05, 3.63) is 84.1 Å². The van der Waals surface area contributed by atoms with E-state index in [0.717, 1.165) is 48.5 Å². The van der Waals surface area contributed by atoms with Crippen LogP contribution in [0.1, 0.15) is 60.4 Å². The quantitative estimate of drug-likeness (QED) is 0.103. The van der Waals surface area contributed by atoms with Crippen LogP contribution in [-0.2, 0) is 32.6 Å². The van der Waals surface area contributed by atoms with Crippen LogP contribution in [0.4, 0.5) is 5.69 Å². The van der Waals surface area contributed by atoms with Gasteiger partial charge >= 0.3 is 5.97 Å². The minimum atomic E-state index is -0.376. The molecule has 47 heavy (non-hydrogen) atoms. The Hall–Kier alpha value is -4.88. The minimum absolute atomic E-state index is 0.0269. The molecule has 13 heteroatoms. The Bertz CT molecular complexity index is 1550. The lowest BCUT2D eigenvalue weighted by Crippen LogP contribution is -2.26. The number of amides is 1. The summed E-state index contributed by atoms with van der Waals surface area (Å²) in [5.41, 5.74) is 2.99. The lowest BCUT2D eigenvalue weighted by Gasteiger charge is -2.16. The number of anilines is 1. The summed E-state index contributed by atoms with van der Waals surface area (Å²) < 4.78 is 23.2. The van der Waals surface area contributed by atoms with E-state index in [9.17, 15) is 9.59 Å². The molecule has 0 aliphatic heterocycles. The van der Waals surface area contributed by atoms with Crippen molar-refractivity contribution in [2.24, 2.45) is 7.05 Å². The summed E-state index contributed by atoms with van der Waals surface area (Å²) in [6.07, 6.45) is 6.71. The van der Waals surface area contributed by atoms with Gasteiger partial charge in [-0.3, -0.25) is 4.79 Å². The van der Waals surface area contributed by atoms with Gasteiger partial charge < -0.3 is 34.1 Å². The molecular weight excluding hydrogens is 602 g/mol. The van der Waals surface area contributed by atoms with Crippen LogP contribution < -0.4 is 15.4 Å². The Labute approximate surface area is 275 Å². The highest BCUT2D eigenvalue weighted by atomic mass is 16.6. The van der Waals surface area contributed by atoms with E-state index in [1.807, 2.05) is 61.0 Å². The molecule has 0 aliphatic carbocycles. The molecule has 4 rings (SSSR count). The van der Waals surface area contributed by atoms with Gasteiger partial charge in [-0.2, -0.15) is 0 Å². The normalized spacial score (nSPS) is 11.6. The fourth-order valence-corrected chi connectivity index (χ4v) is 4.60. The molecule has 0 spiro atoms. The number of nitrogens with one attached hydrogen (secondary N) is 2. The smallest absolute Gasteiger partial charge is 0.331 e. The highest BCUT2D eigenvalue weighted by Crippen LogP contribution is 2.21. The predicted molar refractivity (Wildman–Crippen MR) is 176 cm³/mol. The number of esters is 1. The molecule has 2 aromatic heterocycles. The number of aromatic nitrogens is 5. The molecular formula is C34H43N7O6. The second kappa shape index (κ2) is 18.9. The molecule has 2 aromatic carbocycles. The van der Waals surface area contributed by atoms with Crippen LogP contribution in [0.3, 0.4) is 0 Å². The van der Waals surface area contributed by atoms with E-state index < -0.39 is 0 Å². The number of benzene rings is 2. The first-order chi connectivity index (χ1) is 22.9. The van der Waals surface area contributed by atoms with Crippen molar-refractivity contribution in [3.8, 4) is 17.3 Å². The fourth-order valence-electron chi connectivity index (χ4n) is 4.60.